The Morgan fingerprint density at radius 3 is 2.19 bits per heavy atom. The SMILES string of the molecule is O=C1C=CC=CC1S(=O)(=O)NNS(=O)(=O)c1ccccc1. The number of carbonyl (C=O) groups is 1. The van der Waals surface area contributed by atoms with Crippen LogP contribution in [-0.2, 0) is 24.8 Å². The molecule has 1 aromatic carbocycles. The van der Waals surface area contributed by atoms with E-state index in [-0.39, 0.29) is 4.90 Å². The van der Waals surface area contributed by atoms with Gasteiger partial charge in [-0.25, -0.2) is 16.8 Å². The summed E-state index contributed by atoms with van der Waals surface area (Å²) in [5.41, 5.74) is 0. The van der Waals surface area contributed by atoms with E-state index in [2.05, 4.69) is 0 Å². The van der Waals surface area contributed by atoms with Crippen LogP contribution < -0.4 is 9.66 Å². The van der Waals surface area contributed by atoms with Crippen molar-refractivity contribution in [2.75, 3.05) is 0 Å². The number of benzene rings is 1. The minimum atomic E-state index is -4.20. The molecule has 0 bridgehead atoms. The second-order valence-corrected chi connectivity index (χ2v) is 7.62. The number of hydrazine groups is 1. The lowest BCUT2D eigenvalue weighted by molar-refractivity contribution is -0.113. The van der Waals surface area contributed by atoms with Crippen LogP contribution in [0.2, 0.25) is 0 Å². The minimum absolute atomic E-state index is 0.0990. The van der Waals surface area contributed by atoms with E-state index in [1.165, 1.54) is 42.5 Å². The maximum Gasteiger partial charge on any atom is 0.254 e. The third-order valence-corrected chi connectivity index (χ3v) is 5.48. The standard InChI is InChI=1S/C12H12N2O5S2/c15-11-8-4-5-9-12(11)21(18,19)14-13-20(16,17)10-6-2-1-3-7-10/h1-9,12-14H. The van der Waals surface area contributed by atoms with Crippen LogP contribution in [0.1, 0.15) is 0 Å². The van der Waals surface area contributed by atoms with Gasteiger partial charge in [-0.05, 0) is 18.2 Å². The predicted molar refractivity (Wildman–Crippen MR) is 75.9 cm³/mol. The van der Waals surface area contributed by atoms with Gasteiger partial charge in [-0.3, -0.25) is 4.79 Å². The average Bonchev–Trinajstić information content (AvgIpc) is 2.47. The van der Waals surface area contributed by atoms with Crippen molar-refractivity contribution in [3.05, 3.63) is 54.6 Å². The first-order valence-corrected chi connectivity index (χ1v) is 8.82. The van der Waals surface area contributed by atoms with Gasteiger partial charge < -0.3 is 0 Å². The van der Waals surface area contributed by atoms with Gasteiger partial charge >= 0.3 is 0 Å². The van der Waals surface area contributed by atoms with Crippen molar-refractivity contribution in [3.8, 4) is 0 Å². The van der Waals surface area contributed by atoms with Crippen LogP contribution in [-0.4, -0.2) is 27.9 Å². The Morgan fingerprint density at radius 1 is 0.905 bits per heavy atom. The van der Waals surface area contributed by atoms with E-state index in [4.69, 9.17) is 0 Å². The van der Waals surface area contributed by atoms with Crippen molar-refractivity contribution in [1.29, 1.82) is 0 Å². The number of hydrogen-bond acceptors (Lipinski definition) is 5. The van der Waals surface area contributed by atoms with Gasteiger partial charge in [0.25, 0.3) is 10.0 Å². The molecule has 2 N–H and O–H groups in total. The molecule has 2 rings (SSSR count). The molecule has 0 fully saturated rings. The van der Waals surface area contributed by atoms with E-state index in [1.807, 2.05) is 0 Å². The molecule has 1 atom stereocenters. The smallest absolute Gasteiger partial charge is 0.254 e. The summed E-state index contributed by atoms with van der Waals surface area (Å²) in [6.45, 7) is 0. The molecule has 1 aliphatic rings. The summed E-state index contributed by atoms with van der Waals surface area (Å²) in [5, 5.41) is -1.46. The van der Waals surface area contributed by atoms with Crippen LogP contribution in [0.15, 0.2) is 59.5 Å². The van der Waals surface area contributed by atoms with Gasteiger partial charge in [-0.2, -0.15) is 0 Å². The van der Waals surface area contributed by atoms with Crippen LogP contribution in [0.4, 0.5) is 0 Å². The number of sulfonamides is 2. The Hall–Kier alpha value is -1.81. The third kappa shape index (κ3) is 3.64. The monoisotopic (exact) mass is 328 g/mol. The molecule has 9 heteroatoms. The first-order valence-electron chi connectivity index (χ1n) is 5.79. The molecular formula is C12H12N2O5S2. The maximum atomic E-state index is 11.9. The van der Waals surface area contributed by atoms with Crippen LogP contribution >= 0.6 is 0 Å². The molecule has 0 amide bonds. The molecule has 0 radical (unpaired) electrons. The Kier molecular flexibility index (Phi) is 4.37. The lowest BCUT2D eigenvalue weighted by Gasteiger charge is -2.14. The summed E-state index contributed by atoms with van der Waals surface area (Å²) in [4.78, 5) is 14.9. The van der Waals surface area contributed by atoms with Crippen LogP contribution in [0.3, 0.4) is 0 Å². The van der Waals surface area contributed by atoms with Crippen molar-refractivity contribution >= 4 is 25.8 Å². The zero-order valence-electron chi connectivity index (χ0n) is 10.6. The molecule has 0 aliphatic heterocycles. The van der Waals surface area contributed by atoms with Gasteiger partial charge in [0.05, 0.1) is 4.90 Å². The summed E-state index contributed by atoms with van der Waals surface area (Å²) in [7, 11) is -8.24. The summed E-state index contributed by atoms with van der Waals surface area (Å²) in [5.74, 6) is -0.649. The molecule has 112 valence electrons. The van der Waals surface area contributed by atoms with Crippen molar-refractivity contribution in [2.45, 2.75) is 10.1 Å². The van der Waals surface area contributed by atoms with Crippen molar-refractivity contribution < 1.29 is 21.6 Å². The van der Waals surface area contributed by atoms with Crippen LogP contribution in [0, 0.1) is 0 Å². The topological polar surface area (TPSA) is 109 Å². The first kappa shape index (κ1) is 15.6. The van der Waals surface area contributed by atoms with Gasteiger partial charge in [0.1, 0.15) is 0 Å². The highest BCUT2D eigenvalue weighted by Gasteiger charge is 2.30. The lowest BCUT2D eigenvalue weighted by Crippen LogP contribution is -2.47. The number of nitrogens with one attached hydrogen (secondary N) is 2. The fourth-order valence-corrected chi connectivity index (χ4v) is 3.94. The number of allylic oxidation sites excluding steroid dienone is 3. The Balaban J connectivity index is 2.14. The molecule has 21 heavy (non-hydrogen) atoms. The van der Waals surface area contributed by atoms with Crippen molar-refractivity contribution in [2.24, 2.45) is 0 Å². The molecular weight excluding hydrogens is 316 g/mol. The van der Waals surface area contributed by atoms with Gasteiger partial charge in [0.15, 0.2) is 11.0 Å². The zero-order chi connectivity index (χ0) is 15.5. The zero-order valence-corrected chi connectivity index (χ0v) is 12.3. The average molecular weight is 328 g/mol. The molecule has 0 saturated heterocycles. The van der Waals surface area contributed by atoms with E-state index in [1.54, 1.807) is 15.7 Å². The summed E-state index contributed by atoms with van der Waals surface area (Å²) in [6.07, 6.45) is 5.08. The second-order valence-electron chi connectivity index (χ2n) is 4.13. The Morgan fingerprint density at radius 2 is 1.57 bits per heavy atom. The molecule has 0 spiro atoms. The summed E-state index contributed by atoms with van der Waals surface area (Å²) < 4.78 is 47.6. The van der Waals surface area contributed by atoms with E-state index in [0.717, 1.165) is 6.08 Å². The fraction of sp³-hybridized carbons (Fsp3) is 0.0833. The molecule has 1 aliphatic carbocycles. The molecule has 1 unspecified atom stereocenters. The normalized spacial score (nSPS) is 18.9. The number of carbonyl (C=O) groups excluding carboxylic acids is 1. The highest BCUT2D eigenvalue weighted by atomic mass is 32.2. The van der Waals surface area contributed by atoms with E-state index >= 15 is 0 Å². The Bertz CT molecular complexity index is 795. The molecule has 0 aromatic heterocycles. The second kappa shape index (κ2) is 5.90. The highest BCUT2D eigenvalue weighted by Crippen LogP contribution is 2.10. The first-order chi connectivity index (χ1) is 9.83. The van der Waals surface area contributed by atoms with Gasteiger partial charge in [-0.15, -0.1) is 9.66 Å². The highest BCUT2D eigenvalue weighted by molar-refractivity contribution is 7.93. The van der Waals surface area contributed by atoms with E-state index < -0.39 is 31.1 Å². The fourth-order valence-electron chi connectivity index (χ4n) is 1.60. The van der Waals surface area contributed by atoms with Gasteiger partial charge in [-0.1, -0.05) is 36.4 Å². The predicted octanol–water partition coefficient (Wildman–Crippen LogP) is -0.137. The molecule has 7 nitrogen and oxygen atoms in total. The largest absolute Gasteiger partial charge is 0.293 e. The van der Waals surface area contributed by atoms with Crippen LogP contribution in [0.5, 0.6) is 0 Å². The van der Waals surface area contributed by atoms with Gasteiger partial charge in [0, 0.05) is 0 Å². The van der Waals surface area contributed by atoms with Crippen molar-refractivity contribution in [3.63, 3.8) is 0 Å². The minimum Gasteiger partial charge on any atom is -0.293 e. The number of ketones is 1. The molecule has 0 saturated carbocycles. The maximum absolute atomic E-state index is 11.9. The molecule has 0 heterocycles. The van der Waals surface area contributed by atoms with Gasteiger partial charge in [0.2, 0.25) is 10.0 Å². The Labute approximate surface area is 122 Å². The number of rotatable bonds is 5. The lowest BCUT2D eigenvalue weighted by atomic mass is 10.2. The van der Waals surface area contributed by atoms with Crippen molar-refractivity contribution in [1.82, 2.24) is 9.66 Å². The summed E-state index contributed by atoms with van der Waals surface area (Å²) >= 11 is 0. The van der Waals surface area contributed by atoms with Crippen LogP contribution in [0.25, 0.3) is 0 Å². The third-order valence-electron chi connectivity index (χ3n) is 2.64. The van der Waals surface area contributed by atoms with E-state index in [9.17, 15) is 21.6 Å². The molecule has 1 aromatic rings. The number of hydrogen-bond donors (Lipinski definition) is 2. The van der Waals surface area contributed by atoms with E-state index in [0.29, 0.717) is 0 Å². The summed E-state index contributed by atoms with van der Waals surface area (Å²) in [6, 6.07) is 7.25. The quantitative estimate of drug-likeness (QED) is 0.731.